The van der Waals surface area contributed by atoms with Crippen LogP contribution in [0.2, 0.25) is 0 Å². The van der Waals surface area contributed by atoms with Crippen LogP contribution in [0.4, 0.5) is 13.9 Å². The summed E-state index contributed by atoms with van der Waals surface area (Å²) in [5.41, 5.74) is 2.87. The van der Waals surface area contributed by atoms with Crippen LogP contribution in [0.15, 0.2) is 28.7 Å². The number of carbonyl (C=O) groups excluding carboxylic acids is 1. The lowest BCUT2D eigenvalue weighted by molar-refractivity contribution is -0.142. The minimum atomic E-state index is -0.701. The van der Waals surface area contributed by atoms with Gasteiger partial charge < -0.3 is 4.74 Å². The van der Waals surface area contributed by atoms with E-state index in [0.717, 1.165) is 18.3 Å². The van der Waals surface area contributed by atoms with E-state index in [2.05, 4.69) is 15.5 Å². The number of esters is 1. The maximum Gasteiger partial charge on any atom is 0.311 e. The van der Waals surface area contributed by atoms with Crippen molar-refractivity contribution in [1.29, 1.82) is 0 Å². The number of benzene rings is 1. The van der Waals surface area contributed by atoms with E-state index in [4.69, 9.17) is 4.74 Å². The summed E-state index contributed by atoms with van der Waals surface area (Å²) in [6.45, 7) is 2.04. The summed E-state index contributed by atoms with van der Waals surface area (Å²) >= 11 is 1.22. The van der Waals surface area contributed by atoms with Gasteiger partial charge in [-0.05, 0) is 19.1 Å². The monoisotopic (exact) mass is 325 g/mol. The average Bonchev–Trinajstić information content (AvgIpc) is 2.90. The third kappa shape index (κ3) is 4.32. The van der Waals surface area contributed by atoms with Crippen LogP contribution >= 0.6 is 11.3 Å². The number of nitrogens with zero attached hydrogens (tertiary/aromatic N) is 2. The topological polar surface area (TPSA) is 63.6 Å². The molecule has 0 fully saturated rings. The zero-order valence-corrected chi connectivity index (χ0v) is 12.5. The highest BCUT2D eigenvalue weighted by atomic mass is 32.1. The molecular weight excluding hydrogens is 312 g/mol. The predicted octanol–water partition coefficient (Wildman–Crippen LogP) is 2.97. The molecule has 22 heavy (non-hydrogen) atoms. The van der Waals surface area contributed by atoms with Crippen molar-refractivity contribution in [1.82, 2.24) is 4.98 Å². The number of ether oxygens (including phenoxy) is 1. The molecule has 5 nitrogen and oxygen atoms in total. The molecule has 0 atom stereocenters. The lowest BCUT2D eigenvalue weighted by Crippen LogP contribution is -2.07. The highest BCUT2D eigenvalue weighted by Crippen LogP contribution is 2.16. The first-order chi connectivity index (χ1) is 10.6. The van der Waals surface area contributed by atoms with Gasteiger partial charge >= 0.3 is 5.97 Å². The van der Waals surface area contributed by atoms with E-state index < -0.39 is 11.6 Å². The van der Waals surface area contributed by atoms with Crippen LogP contribution in [0.25, 0.3) is 0 Å². The van der Waals surface area contributed by atoms with Crippen LogP contribution < -0.4 is 5.43 Å². The predicted molar refractivity (Wildman–Crippen MR) is 80.0 cm³/mol. The Morgan fingerprint density at radius 1 is 1.45 bits per heavy atom. The molecular formula is C14H13F2N3O2S. The number of halogens is 2. The lowest BCUT2D eigenvalue weighted by atomic mass is 10.2. The van der Waals surface area contributed by atoms with Gasteiger partial charge in [0.2, 0.25) is 5.13 Å². The molecule has 2 rings (SSSR count). The number of carbonyl (C=O) groups is 1. The molecule has 0 radical (unpaired) electrons. The number of hydrazone groups is 1. The largest absolute Gasteiger partial charge is 0.466 e. The fraction of sp³-hybridized carbons (Fsp3) is 0.214. The summed E-state index contributed by atoms with van der Waals surface area (Å²) in [6, 6.07) is 3.56. The number of hydrogen-bond acceptors (Lipinski definition) is 6. The molecule has 0 unspecified atom stereocenters. The number of anilines is 1. The third-order valence-electron chi connectivity index (χ3n) is 2.54. The van der Waals surface area contributed by atoms with Crippen molar-refractivity contribution in [3.05, 3.63) is 46.5 Å². The number of nitrogens with one attached hydrogen (secondary N) is 1. The molecule has 0 aliphatic heterocycles. The van der Waals surface area contributed by atoms with E-state index in [1.165, 1.54) is 17.4 Å². The Morgan fingerprint density at radius 3 is 2.86 bits per heavy atom. The molecule has 0 aliphatic rings. The molecule has 0 saturated carbocycles. The lowest BCUT2D eigenvalue weighted by Gasteiger charge is -1.99. The normalized spacial score (nSPS) is 10.9. The Kier molecular flexibility index (Phi) is 5.54. The van der Waals surface area contributed by atoms with Crippen molar-refractivity contribution < 1.29 is 18.3 Å². The van der Waals surface area contributed by atoms with Gasteiger partial charge in [-0.1, -0.05) is 6.07 Å². The summed E-state index contributed by atoms with van der Waals surface area (Å²) in [7, 11) is 0. The minimum absolute atomic E-state index is 0.0671. The number of aromatic nitrogens is 1. The summed E-state index contributed by atoms with van der Waals surface area (Å²) < 4.78 is 31.6. The van der Waals surface area contributed by atoms with Gasteiger partial charge in [0.1, 0.15) is 11.6 Å². The molecule has 1 aromatic carbocycles. The van der Waals surface area contributed by atoms with Gasteiger partial charge in [0.25, 0.3) is 0 Å². The first kappa shape index (κ1) is 16.0. The van der Waals surface area contributed by atoms with E-state index in [1.807, 2.05) is 0 Å². The molecule has 0 bridgehead atoms. The molecule has 0 saturated heterocycles. The molecule has 1 aromatic heterocycles. The Morgan fingerprint density at radius 2 is 2.18 bits per heavy atom. The molecule has 1 N–H and O–H groups in total. The zero-order valence-electron chi connectivity index (χ0n) is 11.7. The molecule has 0 spiro atoms. The summed E-state index contributed by atoms with van der Waals surface area (Å²) in [5, 5.41) is 5.83. The number of rotatable bonds is 6. The van der Waals surface area contributed by atoms with Crippen LogP contribution in [0.3, 0.4) is 0 Å². The Hall–Kier alpha value is -2.35. The SMILES string of the molecule is CCOC(=O)Cc1csc(NN=Cc2c(F)cccc2F)n1. The average molecular weight is 325 g/mol. The standard InChI is InChI=1S/C14H13F2N3O2S/c1-2-21-13(20)6-9-8-22-14(18-9)19-17-7-10-11(15)4-3-5-12(10)16/h3-5,7-8H,2,6H2,1H3,(H,18,19). The summed E-state index contributed by atoms with van der Waals surface area (Å²) in [6.07, 6.45) is 1.11. The molecule has 8 heteroatoms. The highest BCUT2D eigenvalue weighted by Gasteiger charge is 2.08. The summed E-state index contributed by atoms with van der Waals surface area (Å²) in [5.74, 6) is -1.77. The van der Waals surface area contributed by atoms with Gasteiger partial charge in [-0.2, -0.15) is 5.10 Å². The van der Waals surface area contributed by atoms with Crippen molar-refractivity contribution in [3.63, 3.8) is 0 Å². The zero-order chi connectivity index (χ0) is 15.9. The van der Waals surface area contributed by atoms with E-state index in [9.17, 15) is 13.6 Å². The van der Waals surface area contributed by atoms with Crippen LogP contribution in [0.1, 0.15) is 18.2 Å². The van der Waals surface area contributed by atoms with E-state index in [0.29, 0.717) is 17.4 Å². The Labute approximate surface area is 129 Å². The van der Waals surface area contributed by atoms with Gasteiger partial charge in [0, 0.05) is 5.38 Å². The smallest absolute Gasteiger partial charge is 0.311 e. The fourth-order valence-corrected chi connectivity index (χ4v) is 2.24. The summed E-state index contributed by atoms with van der Waals surface area (Å²) in [4.78, 5) is 15.4. The first-order valence-electron chi connectivity index (χ1n) is 6.43. The van der Waals surface area contributed by atoms with Crippen LogP contribution in [-0.2, 0) is 16.0 Å². The van der Waals surface area contributed by atoms with E-state index >= 15 is 0 Å². The van der Waals surface area contributed by atoms with Gasteiger partial charge in [0.05, 0.1) is 30.5 Å². The Balaban J connectivity index is 1.96. The molecule has 0 amide bonds. The first-order valence-corrected chi connectivity index (χ1v) is 7.31. The van der Waals surface area contributed by atoms with Gasteiger partial charge in [-0.25, -0.2) is 13.8 Å². The van der Waals surface area contributed by atoms with Gasteiger partial charge in [-0.15, -0.1) is 11.3 Å². The van der Waals surface area contributed by atoms with Gasteiger partial charge in [0.15, 0.2) is 0 Å². The molecule has 1 heterocycles. The second-order valence-electron chi connectivity index (χ2n) is 4.13. The number of thiazole rings is 1. The van der Waals surface area contributed by atoms with Crippen LogP contribution in [0, 0.1) is 11.6 Å². The van der Waals surface area contributed by atoms with Crippen LogP contribution in [0.5, 0.6) is 0 Å². The van der Waals surface area contributed by atoms with Crippen molar-refractivity contribution in [3.8, 4) is 0 Å². The van der Waals surface area contributed by atoms with Crippen molar-refractivity contribution in [2.45, 2.75) is 13.3 Å². The second kappa shape index (κ2) is 7.60. The minimum Gasteiger partial charge on any atom is -0.466 e. The van der Waals surface area contributed by atoms with Gasteiger partial charge in [-0.3, -0.25) is 10.2 Å². The fourth-order valence-electron chi connectivity index (χ4n) is 1.59. The van der Waals surface area contributed by atoms with Crippen molar-refractivity contribution in [2.24, 2.45) is 5.10 Å². The highest BCUT2D eigenvalue weighted by molar-refractivity contribution is 7.13. The van der Waals surface area contributed by atoms with Crippen molar-refractivity contribution in [2.75, 3.05) is 12.0 Å². The molecule has 2 aromatic rings. The Bertz CT molecular complexity index is 668. The molecule has 0 aliphatic carbocycles. The maximum absolute atomic E-state index is 13.4. The van der Waals surface area contributed by atoms with E-state index in [1.54, 1.807) is 12.3 Å². The quantitative estimate of drug-likeness (QED) is 0.504. The second-order valence-corrected chi connectivity index (χ2v) is 4.99. The number of hydrogen-bond donors (Lipinski definition) is 1. The van der Waals surface area contributed by atoms with Crippen molar-refractivity contribution >= 4 is 28.7 Å². The van der Waals surface area contributed by atoms with E-state index in [-0.39, 0.29) is 18.0 Å². The molecule has 116 valence electrons. The maximum atomic E-state index is 13.4. The van der Waals surface area contributed by atoms with Crippen LogP contribution in [-0.4, -0.2) is 23.8 Å². The third-order valence-corrected chi connectivity index (χ3v) is 3.33.